The number of thiophene rings is 1. The maximum atomic E-state index is 5.33. The fourth-order valence-electron chi connectivity index (χ4n) is 7.58. The summed E-state index contributed by atoms with van der Waals surface area (Å²) in [7, 11) is 0. The molecular weight excluding hydrogens is 643 g/mol. The third-order valence-corrected chi connectivity index (χ3v) is 11.1. The highest BCUT2D eigenvalue weighted by Gasteiger charge is 2.30. The van der Waals surface area contributed by atoms with E-state index in [9.17, 15) is 0 Å². The maximum absolute atomic E-state index is 5.33. The summed E-state index contributed by atoms with van der Waals surface area (Å²) >= 11 is 1.75. The van der Waals surface area contributed by atoms with Gasteiger partial charge in [0.05, 0.1) is 38.3 Å². The first-order valence-electron chi connectivity index (χ1n) is 17.0. The van der Waals surface area contributed by atoms with Crippen molar-refractivity contribution in [2.45, 2.75) is 0 Å². The van der Waals surface area contributed by atoms with Crippen LogP contribution in [0.2, 0.25) is 0 Å². The summed E-state index contributed by atoms with van der Waals surface area (Å²) in [5, 5.41) is 3.52. The Balaban J connectivity index is 1.19. The third kappa shape index (κ3) is 4.30. The molecule has 51 heavy (non-hydrogen) atoms. The zero-order valence-electron chi connectivity index (χ0n) is 27.2. The first-order chi connectivity index (χ1) is 25.3. The molecule has 7 aromatic carbocycles. The molecule has 0 amide bonds. The highest BCUT2D eigenvalue weighted by Crippen LogP contribution is 2.49. The van der Waals surface area contributed by atoms with Crippen LogP contribution in [0.1, 0.15) is 0 Å². The monoisotopic (exact) mass is 669 g/mol. The zero-order chi connectivity index (χ0) is 33.5. The van der Waals surface area contributed by atoms with Crippen molar-refractivity contribution in [3.63, 3.8) is 0 Å². The molecule has 5 nitrogen and oxygen atoms in total. The molecule has 0 aliphatic carbocycles. The molecule has 0 unspecified atom stereocenters. The lowest BCUT2D eigenvalue weighted by molar-refractivity contribution is 1.05. The van der Waals surface area contributed by atoms with Crippen LogP contribution in [0.15, 0.2) is 164 Å². The molecule has 0 radical (unpaired) electrons. The van der Waals surface area contributed by atoms with Crippen molar-refractivity contribution in [3.05, 3.63) is 164 Å². The van der Waals surface area contributed by atoms with Gasteiger partial charge in [-0.15, -0.1) is 11.3 Å². The highest BCUT2D eigenvalue weighted by molar-refractivity contribution is 7.26. The summed E-state index contributed by atoms with van der Waals surface area (Å²) in [6.07, 6.45) is 0. The fourth-order valence-corrected chi connectivity index (χ4v) is 8.74. The minimum absolute atomic E-state index is 0.692. The summed E-state index contributed by atoms with van der Waals surface area (Å²) < 4.78 is 4.61. The van der Waals surface area contributed by atoms with Crippen molar-refractivity contribution < 1.29 is 0 Å². The summed E-state index contributed by atoms with van der Waals surface area (Å²) in [6, 6.07) is 57.8. The lowest BCUT2D eigenvalue weighted by atomic mass is 9.97. The Bertz CT molecular complexity index is 3000. The van der Waals surface area contributed by atoms with Crippen LogP contribution in [0.5, 0.6) is 0 Å². The van der Waals surface area contributed by atoms with Gasteiger partial charge in [0.15, 0.2) is 5.82 Å². The third-order valence-electron chi connectivity index (χ3n) is 9.91. The minimum atomic E-state index is 0.692. The van der Waals surface area contributed by atoms with Crippen LogP contribution in [0.4, 0.5) is 17.3 Å². The Morgan fingerprint density at radius 2 is 1.25 bits per heavy atom. The summed E-state index contributed by atoms with van der Waals surface area (Å²) in [6.45, 7) is 0. The molecule has 1 aliphatic rings. The molecule has 0 bridgehead atoms. The molecule has 0 spiro atoms. The van der Waals surface area contributed by atoms with E-state index in [1.165, 1.54) is 15.5 Å². The van der Waals surface area contributed by atoms with E-state index in [4.69, 9.17) is 15.0 Å². The Morgan fingerprint density at radius 3 is 2.18 bits per heavy atom. The summed E-state index contributed by atoms with van der Waals surface area (Å²) in [5.41, 5.74) is 11.4. The first-order valence-corrected chi connectivity index (χ1v) is 17.9. The van der Waals surface area contributed by atoms with Gasteiger partial charge in [0.2, 0.25) is 5.95 Å². The van der Waals surface area contributed by atoms with E-state index in [-0.39, 0.29) is 0 Å². The van der Waals surface area contributed by atoms with E-state index < -0.39 is 0 Å². The molecule has 1 aliphatic heterocycles. The second-order valence-electron chi connectivity index (χ2n) is 12.9. The quantitative estimate of drug-likeness (QED) is 0.188. The topological polar surface area (TPSA) is 46.8 Å². The van der Waals surface area contributed by atoms with Gasteiger partial charge in [-0.3, -0.25) is 9.47 Å². The van der Waals surface area contributed by atoms with Crippen molar-refractivity contribution in [1.82, 2.24) is 19.5 Å². The molecule has 0 N–H and O–H groups in total. The van der Waals surface area contributed by atoms with Gasteiger partial charge in [-0.2, -0.15) is 0 Å². The standard InChI is InChI=1S/C45H27N5S/c1-2-13-28(14-3-1)41-43-42(34-20-7-11-24-40(34)51-43)48-44(47-41)31-17-12-18-32(25-31)49-39-27-30-16-5-4-15-29(30)26-35(39)33-19-6-9-22-37(33)50-38-23-10-8-21-36(38)46-45(49)50/h1-27H. The second-order valence-corrected chi connectivity index (χ2v) is 13.9. The lowest BCUT2D eigenvalue weighted by Gasteiger charge is -2.25. The largest absolute Gasteiger partial charge is 0.280 e. The van der Waals surface area contributed by atoms with Crippen molar-refractivity contribution >= 4 is 70.8 Å². The van der Waals surface area contributed by atoms with E-state index in [2.05, 4.69) is 167 Å². The number of rotatable bonds is 3. The van der Waals surface area contributed by atoms with Gasteiger partial charge in [-0.25, -0.2) is 15.0 Å². The second kappa shape index (κ2) is 10.9. The van der Waals surface area contributed by atoms with Gasteiger partial charge in [0, 0.05) is 38.0 Å². The van der Waals surface area contributed by atoms with Crippen LogP contribution < -0.4 is 4.90 Å². The molecule has 0 saturated heterocycles. The highest BCUT2D eigenvalue weighted by atomic mass is 32.1. The predicted octanol–water partition coefficient (Wildman–Crippen LogP) is 12.1. The lowest BCUT2D eigenvalue weighted by Crippen LogP contribution is -2.14. The van der Waals surface area contributed by atoms with Gasteiger partial charge in [0.1, 0.15) is 0 Å². The number of hydrogen-bond acceptors (Lipinski definition) is 5. The number of nitrogens with zero attached hydrogens (tertiary/aromatic N) is 5. The molecule has 10 aromatic rings. The van der Waals surface area contributed by atoms with Gasteiger partial charge >= 0.3 is 0 Å². The van der Waals surface area contributed by atoms with E-state index in [0.29, 0.717) is 5.82 Å². The van der Waals surface area contributed by atoms with Gasteiger partial charge < -0.3 is 0 Å². The van der Waals surface area contributed by atoms with Crippen molar-refractivity contribution in [1.29, 1.82) is 0 Å². The average molecular weight is 670 g/mol. The van der Waals surface area contributed by atoms with Crippen molar-refractivity contribution in [2.75, 3.05) is 4.90 Å². The number of para-hydroxylation sites is 3. The van der Waals surface area contributed by atoms with Crippen LogP contribution in [-0.4, -0.2) is 19.5 Å². The Labute approximate surface area is 297 Å². The van der Waals surface area contributed by atoms with Crippen LogP contribution in [0.25, 0.3) is 81.6 Å². The molecule has 0 fully saturated rings. The normalized spacial score (nSPS) is 12.3. The van der Waals surface area contributed by atoms with E-state index in [1.807, 2.05) is 6.07 Å². The zero-order valence-corrected chi connectivity index (χ0v) is 28.0. The minimum Gasteiger partial charge on any atom is -0.280 e. The number of benzene rings is 7. The van der Waals surface area contributed by atoms with E-state index in [0.717, 1.165) is 77.6 Å². The summed E-state index contributed by atoms with van der Waals surface area (Å²) in [4.78, 5) is 18.2. The van der Waals surface area contributed by atoms with Gasteiger partial charge in [-0.1, -0.05) is 115 Å². The first kappa shape index (κ1) is 28.2. The fraction of sp³-hybridized carbons (Fsp3) is 0. The van der Waals surface area contributed by atoms with Crippen LogP contribution >= 0.6 is 11.3 Å². The van der Waals surface area contributed by atoms with E-state index in [1.54, 1.807) is 11.3 Å². The molecule has 3 aromatic heterocycles. The van der Waals surface area contributed by atoms with Crippen molar-refractivity contribution in [2.24, 2.45) is 0 Å². The maximum Gasteiger partial charge on any atom is 0.220 e. The van der Waals surface area contributed by atoms with Gasteiger partial charge in [-0.05, 0) is 59.3 Å². The van der Waals surface area contributed by atoms with Crippen LogP contribution in [0.3, 0.4) is 0 Å². The Morgan fingerprint density at radius 1 is 0.510 bits per heavy atom. The molecular formula is C45H27N5S. The Kier molecular flexibility index (Phi) is 6.05. The average Bonchev–Trinajstić information content (AvgIpc) is 3.73. The molecule has 11 rings (SSSR count). The van der Waals surface area contributed by atoms with E-state index >= 15 is 0 Å². The number of aromatic nitrogens is 4. The number of imidazole rings is 1. The number of anilines is 3. The molecule has 0 saturated carbocycles. The van der Waals surface area contributed by atoms with Crippen LogP contribution in [-0.2, 0) is 0 Å². The molecule has 6 heteroatoms. The van der Waals surface area contributed by atoms with Gasteiger partial charge in [0.25, 0.3) is 0 Å². The number of fused-ring (bicyclic) bond motifs is 11. The van der Waals surface area contributed by atoms with Crippen LogP contribution in [0, 0.1) is 0 Å². The van der Waals surface area contributed by atoms with Crippen molar-refractivity contribution in [3.8, 4) is 39.5 Å². The molecule has 4 heterocycles. The Hall–Kier alpha value is -6.63. The smallest absolute Gasteiger partial charge is 0.220 e. The molecule has 0 atom stereocenters. The summed E-state index contributed by atoms with van der Waals surface area (Å²) in [5.74, 6) is 1.53. The predicted molar refractivity (Wildman–Crippen MR) is 212 cm³/mol. The molecule has 238 valence electrons. The SMILES string of the molecule is c1ccc(-c2nc(-c3cccc(N4c5cc6ccccc6cc5-c5ccccc5-n5c4nc4ccccc45)c3)nc3c2sc2ccccc23)cc1. The number of hydrogen-bond donors (Lipinski definition) is 0.